The molecule has 14 heavy (non-hydrogen) atoms. The highest BCUT2D eigenvalue weighted by Crippen LogP contribution is 2.31. The van der Waals surface area contributed by atoms with E-state index in [1.807, 2.05) is 24.3 Å². The van der Waals surface area contributed by atoms with Crippen LogP contribution in [0.4, 0.5) is 0 Å². The zero-order valence-electron chi connectivity index (χ0n) is 8.00. The summed E-state index contributed by atoms with van der Waals surface area (Å²) in [6.07, 6.45) is 4.55. The van der Waals surface area contributed by atoms with E-state index in [1.165, 1.54) is 19.3 Å². The Labute approximate surface area is 98.0 Å². The van der Waals surface area contributed by atoms with E-state index in [0.717, 1.165) is 15.6 Å². The molecule has 1 aromatic rings. The maximum absolute atomic E-state index is 11.9. The van der Waals surface area contributed by atoms with Crippen LogP contribution < -0.4 is 0 Å². The third-order valence-electron chi connectivity index (χ3n) is 2.87. The zero-order chi connectivity index (χ0) is 9.97. The van der Waals surface area contributed by atoms with Crippen LogP contribution in [0.1, 0.15) is 36.0 Å². The monoisotopic (exact) mass is 300 g/mol. The van der Waals surface area contributed by atoms with Crippen LogP contribution in [-0.4, -0.2) is 5.78 Å². The molecule has 1 aliphatic carbocycles. The summed E-state index contributed by atoms with van der Waals surface area (Å²) in [5, 5.41) is 0. The second-order valence-corrected chi connectivity index (χ2v) is 5.07. The van der Waals surface area contributed by atoms with Gasteiger partial charge in [-0.3, -0.25) is 4.79 Å². The van der Waals surface area contributed by atoms with E-state index in [-0.39, 0.29) is 0 Å². The second kappa shape index (κ2) is 4.43. The highest BCUT2D eigenvalue weighted by Gasteiger charge is 2.21. The van der Waals surface area contributed by atoms with E-state index < -0.39 is 0 Å². The number of carbonyl (C=O) groups excluding carboxylic acids is 1. The van der Waals surface area contributed by atoms with Crippen LogP contribution in [-0.2, 0) is 0 Å². The van der Waals surface area contributed by atoms with Gasteiger partial charge in [-0.1, -0.05) is 37.5 Å². The highest BCUT2D eigenvalue weighted by atomic mass is 127. The van der Waals surface area contributed by atoms with Crippen LogP contribution in [0.5, 0.6) is 0 Å². The van der Waals surface area contributed by atoms with Crippen LogP contribution in [0, 0.1) is 9.49 Å². The van der Waals surface area contributed by atoms with E-state index in [1.54, 1.807) is 0 Å². The zero-order valence-corrected chi connectivity index (χ0v) is 10.2. The quantitative estimate of drug-likeness (QED) is 0.615. The van der Waals surface area contributed by atoms with E-state index in [0.29, 0.717) is 11.7 Å². The summed E-state index contributed by atoms with van der Waals surface area (Å²) in [6.45, 7) is 0. The Kier molecular flexibility index (Phi) is 3.21. The number of carbonyl (C=O) groups is 1. The molecule has 0 atom stereocenters. The summed E-state index contributed by atoms with van der Waals surface area (Å²) in [7, 11) is 0. The van der Waals surface area contributed by atoms with Gasteiger partial charge in [0.15, 0.2) is 5.78 Å². The van der Waals surface area contributed by atoms with Gasteiger partial charge in [0.25, 0.3) is 0 Å². The number of ketones is 1. The topological polar surface area (TPSA) is 17.1 Å². The van der Waals surface area contributed by atoms with E-state index in [2.05, 4.69) is 22.6 Å². The summed E-state index contributed by atoms with van der Waals surface area (Å²) in [5.41, 5.74) is 0.903. The third kappa shape index (κ3) is 2.16. The molecule has 0 saturated heterocycles. The third-order valence-corrected chi connectivity index (χ3v) is 3.81. The molecule has 0 aromatic heterocycles. The Hall–Kier alpha value is -0.380. The molecule has 0 amide bonds. The Balaban J connectivity index is 2.06. The van der Waals surface area contributed by atoms with E-state index in [9.17, 15) is 4.79 Å². The average molecular weight is 300 g/mol. The number of rotatable bonds is 3. The lowest BCUT2D eigenvalue weighted by Gasteiger charge is -2.24. The molecule has 0 heterocycles. The smallest absolute Gasteiger partial charge is 0.164 e. The molecule has 74 valence electrons. The van der Waals surface area contributed by atoms with Gasteiger partial charge in [-0.25, -0.2) is 0 Å². The molecule has 1 aromatic carbocycles. The minimum atomic E-state index is 0.319. The van der Waals surface area contributed by atoms with Crippen molar-refractivity contribution in [1.82, 2.24) is 0 Å². The van der Waals surface area contributed by atoms with E-state index in [4.69, 9.17) is 0 Å². The molecule has 0 bridgehead atoms. The van der Waals surface area contributed by atoms with Crippen LogP contribution in [0.25, 0.3) is 0 Å². The van der Waals surface area contributed by atoms with Gasteiger partial charge in [0, 0.05) is 15.6 Å². The lowest BCUT2D eigenvalue weighted by atomic mass is 9.81. The van der Waals surface area contributed by atoms with Crippen molar-refractivity contribution >= 4 is 28.4 Å². The van der Waals surface area contributed by atoms with Crippen molar-refractivity contribution in [2.75, 3.05) is 0 Å². The first kappa shape index (κ1) is 10.1. The first-order chi connectivity index (χ1) is 6.77. The molecular weight excluding hydrogens is 287 g/mol. The molecule has 2 heteroatoms. The predicted molar refractivity (Wildman–Crippen MR) is 65.4 cm³/mol. The SMILES string of the molecule is O=C(CC1CCC1)c1ccccc1I. The lowest BCUT2D eigenvalue weighted by Crippen LogP contribution is -2.16. The molecule has 0 N–H and O–H groups in total. The average Bonchev–Trinajstić information content (AvgIpc) is 2.12. The fourth-order valence-electron chi connectivity index (χ4n) is 1.76. The highest BCUT2D eigenvalue weighted by molar-refractivity contribution is 14.1. The summed E-state index contributed by atoms with van der Waals surface area (Å²) in [6, 6.07) is 7.84. The van der Waals surface area contributed by atoms with Crippen LogP contribution in [0.15, 0.2) is 24.3 Å². The number of Topliss-reactive ketones (excluding diaryl/α,β-unsaturated/α-hetero) is 1. The second-order valence-electron chi connectivity index (χ2n) is 3.90. The summed E-state index contributed by atoms with van der Waals surface area (Å²) in [4.78, 5) is 11.9. The Morgan fingerprint density at radius 3 is 2.64 bits per heavy atom. The van der Waals surface area contributed by atoms with Gasteiger partial charge in [-0.2, -0.15) is 0 Å². The molecule has 1 nitrogen and oxygen atoms in total. The maximum Gasteiger partial charge on any atom is 0.164 e. The molecule has 0 spiro atoms. The molecule has 1 aliphatic rings. The lowest BCUT2D eigenvalue weighted by molar-refractivity contribution is 0.0935. The molecule has 0 aliphatic heterocycles. The van der Waals surface area contributed by atoms with E-state index >= 15 is 0 Å². The number of halogens is 1. The molecule has 2 rings (SSSR count). The van der Waals surface area contributed by atoms with Crippen molar-refractivity contribution in [3.05, 3.63) is 33.4 Å². The summed E-state index contributed by atoms with van der Waals surface area (Å²) < 4.78 is 1.08. The summed E-state index contributed by atoms with van der Waals surface area (Å²) >= 11 is 2.23. The van der Waals surface area contributed by atoms with Crippen molar-refractivity contribution in [2.45, 2.75) is 25.7 Å². The number of hydrogen-bond acceptors (Lipinski definition) is 1. The van der Waals surface area contributed by atoms with Crippen LogP contribution >= 0.6 is 22.6 Å². The van der Waals surface area contributed by atoms with Gasteiger partial charge in [0.1, 0.15) is 0 Å². The largest absolute Gasteiger partial charge is 0.294 e. The molecular formula is C12H13IO. The predicted octanol–water partition coefficient (Wildman–Crippen LogP) is 3.66. The first-order valence-electron chi connectivity index (χ1n) is 5.05. The normalized spacial score (nSPS) is 16.4. The van der Waals surface area contributed by atoms with Gasteiger partial charge in [-0.05, 0) is 34.6 Å². The van der Waals surface area contributed by atoms with Gasteiger partial charge in [-0.15, -0.1) is 0 Å². The van der Waals surface area contributed by atoms with Crippen molar-refractivity contribution < 1.29 is 4.79 Å². The van der Waals surface area contributed by atoms with Crippen molar-refractivity contribution in [2.24, 2.45) is 5.92 Å². The van der Waals surface area contributed by atoms with Crippen LogP contribution in [0.3, 0.4) is 0 Å². The number of benzene rings is 1. The number of hydrogen-bond donors (Lipinski definition) is 0. The van der Waals surface area contributed by atoms with Crippen molar-refractivity contribution in [3.63, 3.8) is 0 Å². The minimum Gasteiger partial charge on any atom is -0.294 e. The van der Waals surface area contributed by atoms with Gasteiger partial charge >= 0.3 is 0 Å². The first-order valence-corrected chi connectivity index (χ1v) is 6.13. The van der Waals surface area contributed by atoms with Gasteiger partial charge in [0.2, 0.25) is 0 Å². The Morgan fingerprint density at radius 1 is 1.36 bits per heavy atom. The van der Waals surface area contributed by atoms with Crippen molar-refractivity contribution in [3.8, 4) is 0 Å². The Morgan fingerprint density at radius 2 is 2.07 bits per heavy atom. The molecule has 1 fully saturated rings. The Bertz CT molecular complexity index is 342. The fraction of sp³-hybridized carbons (Fsp3) is 0.417. The maximum atomic E-state index is 11.9. The van der Waals surface area contributed by atoms with Gasteiger partial charge < -0.3 is 0 Å². The standard InChI is InChI=1S/C12H13IO/c13-11-7-2-1-6-10(11)12(14)8-9-4-3-5-9/h1-2,6-7,9H,3-5,8H2. The summed E-state index contributed by atoms with van der Waals surface area (Å²) in [5.74, 6) is 0.984. The van der Waals surface area contributed by atoms with Crippen LogP contribution in [0.2, 0.25) is 0 Å². The van der Waals surface area contributed by atoms with Crippen molar-refractivity contribution in [1.29, 1.82) is 0 Å². The molecule has 0 unspecified atom stereocenters. The molecule has 1 saturated carbocycles. The minimum absolute atomic E-state index is 0.319. The molecule has 0 radical (unpaired) electrons. The fourth-order valence-corrected chi connectivity index (χ4v) is 2.44. The van der Waals surface area contributed by atoms with Gasteiger partial charge in [0.05, 0.1) is 0 Å².